The van der Waals surface area contributed by atoms with Crippen molar-refractivity contribution < 1.29 is 37.0 Å². The Hall–Kier alpha value is -5.14. The average Bonchev–Trinajstić information content (AvgIpc) is 3.54. The highest BCUT2D eigenvalue weighted by atomic mass is 19.4. The zero-order valence-corrected chi connectivity index (χ0v) is 24.2. The lowest BCUT2D eigenvalue weighted by atomic mass is 10.0. The minimum absolute atomic E-state index is 0.220. The summed E-state index contributed by atoms with van der Waals surface area (Å²) in [6.07, 6.45) is -1.47. The van der Waals surface area contributed by atoms with Crippen molar-refractivity contribution in [3.05, 3.63) is 89.1 Å². The van der Waals surface area contributed by atoms with E-state index in [1.54, 1.807) is 16.7 Å². The van der Waals surface area contributed by atoms with Gasteiger partial charge < -0.3 is 39.3 Å². The van der Waals surface area contributed by atoms with Crippen LogP contribution < -0.4 is 29.2 Å². The minimum atomic E-state index is -4.74. The second-order valence-electron chi connectivity index (χ2n) is 11.2. The summed E-state index contributed by atoms with van der Waals surface area (Å²) in [5, 5.41) is 14.5. The number of alkyl halides is 3. The number of nitrogens with one attached hydrogen (secondary N) is 1. The first-order chi connectivity index (χ1) is 21.5. The molecule has 6 rings (SSSR count). The van der Waals surface area contributed by atoms with Gasteiger partial charge in [-0.05, 0) is 97.5 Å². The number of halogens is 3. The SMILES string of the molecule is C[C@]1(COc2ccc(N3CCC(Nc4ccc(Oc5ccc(OC(F)(F)F)cc5)cc4)CC3)cc2)Cn2cc([N+](=O)[O-])nc2O1. The Balaban J connectivity index is 0.933. The van der Waals surface area contributed by atoms with E-state index in [2.05, 4.69) is 19.9 Å². The largest absolute Gasteiger partial charge is 0.573 e. The van der Waals surface area contributed by atoms with Crippen LogP contribution in [0.5, 0.6) is 29.0 Å². The Bertz CT molecular complexity index is 1600. The molecule has 0 amide bonds. The van der Waals surface area contributed by atoms with Crippen molar-refractivity contribution in [1.29, 1.82) is 0 Å². The van der Waals surface area contributed by atoms with E-state index in [1.165, 1.54) is 30.5 Å². The van der Waals surface area contributed by atoms with Crippen molar-refractivity contribution in [2.75, 3.05) is 29.9 Å². The summed E-state index contributed by atoms with van der Waals surface area (Å²) in [5.41, 5.74) is 1.39. The van der Waals surface area contributed by atoms with Gasteiger partial charge in [0.05, 0.1) is 6.54 Å². The van der Waals surface area contributed by atoms with Gasteiger partial charge in [-0.15, -0.1) is 13.2 Å². The standard InChI is InChI=1S/C31H30F3N5O6/c1-30(19-38-18-28(39(40)41)36-29(38)45-30)20-42-24-8-4-23(5-9-24)37-16-14-22(15-17-37)35-21-2-6-25(7-3-21)43-26-10-12-27(13-11-26)44-31(32,33)34/h2-13,18,22,35H,14-17,19-20H2,1H3/t30-/m1/s1. The molecule has 4 aromatic rings. The number of rotatable bonds is 10. The zero-order chi connectivity index (χ0) is 31.6. The number of nitro groups is 1. The van der Waals surface area contributed by atoms with Crippen LogP contribution in [0.4, 0.5) is 30.4 Å². The summed E-state index contributed by atoms with van der Waals surface area (Å²) in [6, 6.07) is 21.1. The van der Waals surface area contributed by atoms with E-state index >= 15 is 0 Å². The second kappa shape index (κ2) is 12.1. The molecule has 1 aromatic heterocycles. The molecule has 3 aromatic carbocycles. The Kier molecular flexibility index (Phi) is 8.04. The number of ether oxygens (including phenoxy) is 4. The Labute approximate surface area is 256 Å². The summed E-state index contributed by atoms with van der Waals surface area (Å²) >= 11 is 0. The van der Waals surface area contributed by atoms with E-state index < -0.39 is 16.9 Å². The number of benzene rings is 3. The van der Waals surface area contributed by atoms with Gasteiger partial charge >= 0.3 is 18.2 Å². The lowest BCUT2D eigenvalue weighted by molar-refractivity contribution is -0.389. The fourth-order valence-electron chi connectivity index (χ4n) is 5.33. The third-order valence-electron chi connectivity index (χ3n) is 7.52. The Morgan fingerprint density at radius 1 is 0.978 bits per heavy atom. The third kappa shape index (κ3) is 7.51. The predicted molar refractivity (Wildman–Crippen MR) is 158 cm³/mol. The number of fused-ring (bicyclic) bond motifs is 1. The van der Waals surface area contributed by atoms with Crippen LogP contribution in [0.3, 0.4) is 0 Å². The molecule has 0 bridgehead atoms. The molecule has 11 nitrogen and oxygen atoms in total. The molecule has 1 fully saturated rings. The third-order valence-corrected chi connectivity index (χ3v) is 7.52. The van der Waals surface area contributed by atoms with Crippen LogP contribution in [0.2, 0.25) is 0 Å². The molecule has 1 N–H and O–H groups in total. The number of nitrogens with zero attached hydrogens (tertiary/aromatic N) is 4. The van der Waals surface area contributed by atoms with Gasteiger partial charge in [0, 0.05) is 35.5 Å². The van der Waals surface area contributed by atoms with Gasteiger partial charge in [-0.3, -0.25) is 4.57 Å². The lowest BCUT2D eigenvalue weighted by Crippen LogP contribution is -2.39. The van der Waals surface area contributed by atoms with E-state index in [-0.39, 0.29) is 24.2 Å². The summed E-state index contributed by atoms with van der Waals surface area (Å²) in [4.78, 5) is 16.6. The summed E-state index contributed by atoms with van der Waals surface area (Å²) in [6.45, 7) is 4.32. The van der Waals surface area contributed by atoms with Crippen molar-refractivity contribution in [1.82, 2.24) is 9.55 Å². The molecule has 0 spiro atoms. The van der Waals surface area contributed by atoms with Gasteiger partial charge in [0.15, 0.2) is 5.60 Å². The maximum atomic E-state index is 12.3. The van der Waals surface area contributed by atoms with Crippen LogP contribution in [0.25, 0.3) is 0 Å². The molecule has 0 unspecified atom stereocenters. The molecule has 0 aliphatic carbocycles. The van der Waals surface area contributed by atoms with Gasteiger partial charge in [-0.2, -0.15) is 0 Å². The van der Waals surface area contributed by atoms with Crippen LogP contribution in [-0.2, 0) is 6.54 Å². The van der Waals surface area contributed by atoms with Crippen molar-refractivity contribution in [2.24, 2.45) is 0 Å². The van der Waals surface area contributed by atoms with Crippen LogP contribution in [-0.4, -0.2) is 52.2 Å². The fourth-order valence-corrected chi connectivity index (χ4v) is 5.33. The Morgan fingerprint density at radius 2 is 1.58 bits per heavy atom. The summed E-state index contributed by atoms with van der Waals surface area (Å²) < 4.78 is 60.1. The number of hydrogen-bond acceptors (Lipinski definition) is 9. The zero-order valence-electron chi connectivity index (χ0n) is 24.2. The van der Waals surface area contributed by atoms with Gasteiger partial charge in [-0.1, -0.05) is 0 Å². The molecule has 1 saturated heterocycles. The molecule has 14 heteroatoms. The van der Waals surface area contributed by atoms with E-state index in [0.717, 1.165) is 37.3 Å². The van der Waals surface area contributed by atoms with Crippen LogP contribution >= 0.6 is 0 Å². The monoisotopic (exact) mass is 625 g/mol. The van der Waals surface area contributed by atoms with Crippen molar-refractivity contribution in [3.63, 3.8) is 0 Å². The van der Waals surface area contributed by atoms with Gasteiger partial charge in [0.1, 0.15) is 35.8 Å². The lowest BCUT2D eigenvalue weighted by Gasteiger charge is -2.34. The van der Waals surface area contributed by atoms with Crippen LogP contribution in [0.1, 0.15) is 19.8 Å². The number of hydrogen-bond donors (Lipinski definition) is 1. The van der Waals surface area contributed by atoms with Gasteiger partial charge in [0.25, 0.3) is 0 Å². The van der Waals surface area contributed by atoms with Crippen molar-refractivity contribution in [3.8, 4) is 29.0 Å². The van der Waals surface area contributed by atoms with E-state index in [0.29, 0.717) is 29.8 Å². The molecule has 45 heavy (non-hydrogen) atoms. The van der Waals surface area contributed by atoms with Crippen LogP contribution in [0.15, 0.2) is 79.0 Å². The molecular formula is C31H30F3N5O6. The number of anilines is 2. The first-order valence-corrected chi connectivity index (χ1v) is 14.3. The number of piperidine rings is 1. The molecule has 2 aliphatic rings. The highest BCUT2D eigenvalue weighted by Crippen LogP contribution is 2.32. The first kappa shape index (κ1) is 29.9. The molecule has 3 heterocycles. The van der Waals surface area contributed by atoms with Crippen molar-refractivity contribution in [2.45, 2.75) is 44.3 Å². The highest BCUT2D eigenvalue weighted by molar-refractivity contribution is 5.51. The minimum Gasteiger partial charge on any atom is -0.489 e. The molecule has 1 atom stereocenters. The van der Waals surface area contributed by atoms with Crippen molar-refractivity contribution >= 4 is 17.2 Å². The molecular weight excluding hydrogens is 595 g/mol. The maximum absolute atomic E-state index is 12.3. The molecule has 0 radical (unpaired) electrons. The second-order valence-corrected chi connectivity index (χ2v) is 11.2. The average molecular weight is 626 g/mol. The molecule has 0 saturated carbocycles. The predicted octanol–water partition coefficient (Wildman–Crippen LogP) is 6.79. The van der Waals surface area contributed by atoms with E-state index in [9.17, 15) is 23.3 Å². The maximum Gasteiger partial charge on any atom is 0.573 e. The normalized spacial score (nSPS) is 18.2. The highest BCUT2D eigenvalue weighted by Gasteiger charge is 2.41. The smallest absolute Gasteiger partial charge is 0.489 e. The quantitative estimate of drug-likeness (QED) is 0.150. The summed E-state index contributed by atoms with van der Waals surface area (Å²) in [7, 11) is 0. The molecule has 2 aliphatic heterocycles. The van der Waals surface area contributed by atoms with E-state index in [1.807, 2.05) is 43.3 Å². The van der Waals surface area contributed by atoms with Crippen LogP contribution in [0, 0.1) is 10.1 Å². The molecule has 236 valence electrons. The topological polar surface area (TPSA) is 113 Å². The fraction of sp³-hybridized carbons (Fsp3) is 0.323. The van der Waals surface area contributed by atoms with Gasteiger partial charge in [-0.25, -0.2) is 0 Å². The van der Waals surface area contributed by atoms with E-state index in [4.69, 9.17) is 14.2 Å². The Morgan fingerprint density at radius 3 is 2.18 bits per heavy atom. The van der Waals surface area contributed by atoms with Gasteiger partial charge in [0.2, 0.25) is 0 Å². The number of aromatic nitrogens is 2. The summed E-state index contributed by atoms with van der Waals surface area (Å²) in [5.74, 6) is 1.13. The first-order valence-electron chi connectivity index (χ1n) is 14.3. The number of imidazole rings is 1.